The predicted octanol–water partition coefficient (Wildman–Crippen LogP) is 3.39. The van der Waals surface area contributed by atoms with Crippen LogP contribution in [-0.2, 0) is 0 Å². The van der Waals surface area contributed by atoms with Gasteiger partial charge in [0.15, 0.2) is 5.13 Å². The van der Waals surface area contributed by atoms with Crippen molar-refractivity contribution in [3.05, 3.63) is 40.7 Å². The molecule has 0 bridgehead atoms. The van der Waals surface area contributed by atoms with Crippen molar-refractivity contribution in [2.75, 3.05) is 25.5 Å². The Morgan fingerprint density at radius 2 is 2.28 bits per heavy atom. The molecular weight excluding hydrogens is 334 g/mol. The van der Waals surface area contributed by atoms with Crippen molar-refractivity contribution in [1.29, 1.82) is 0 Å². The van der Waals surface area contributed by atoms with Crippen LogP contribution in [0.4, 0.5) is 5.13 Å². The Labute approximate surface area is 150 Å². The summed E-state index contributed by atoms with van der Waals surface area (Å²) in [5.74, 6) is 1.23. The highest BCUT2D eigenvalue weighted by Crippen LogP contribution is 2.28. The third-order valence-electron chi connectivity index (χ3n) is 4.77. The highest BCUT2D eigenvalue weighted by atomic mass is 32.1. The van der Waals surface area contributed by atoms with E-state index in [1.54, 1.807) is 0 Å². The molecule has 3 aromatic rings. The number of nitrogens with zero attached hydrogens (tertiary/aromatic N) is 3. The van der Waals surface area contributed by atoms with Gasteiger partial charge in [-0.15, -0.1) is 11.3 Å². The molecule has 1 fully saturated rings. The molecule has 1 aliphatic rings. The van der Waals surface area contributed by atoms with E-state index in [0.29, 0.717) is 12.2 Å². The smallest absolute Gasteiger partial charge is 0.273 e. The van der Waals surface area contributed by atoms with Crippen molar-refractivity contribution in [3.8, 4) is 0 Å². The first-order valence-corrected chi connectivity index (χ1v) is 9.41. The Bertz CT molecular complexity index is 915. The quantitative estimate of drug-likeness (QED) is 0.755. The van der Waals surface area contributed by atoms with Crippen LogP contribution in [0.5, 0.6) is 0 Å². The largest absolute Gasteiger partial charge is 0.365 e. The lowest BCUT2D eigenvalue weighted by molar-refractivity contribution is 0.0700. The number of likely N-dealkylation sites (tertiary alicyclic amines) is 1. The highest BCUT2D eigenvalue weighted by molar-refractivity contribution is 7.13. The first-order chi connectivity index (χ1) is 12.2. The van der Waals surface area contributed by atoms with Gasteiger partial charge in [-0.2, -0.15) is 0 Å². The van der Waals surface area contributed by atoms with Gasteiger partial charge in [-0.25, -0.2) is 9.97 Å². The third-order valence-corrected chi connectivity index (χ3v) is 5.63. The number of amides is 1. The van der Waals surface area contributed by atoms with Gasteiger partial charge >= 0.3 is 0 Å². The summed E-state index contributed by atoms with van der Waals surface area (Å²) in [4.78, 5) is 27.2. The second-order valence-corrected chi connectivity index (χ2v) is 7.33. The average molecular weight is 355 g/mol. The molecule has 0 spiro atoms. The lowest BCUT2D eigenvalue weighted by Gasteiger charge is -2.31. The summed E-state index contributed by atoms with van der Waals surface area (Å²) in [6.45, 7) is 3.54. The van der Waals surface area contributed by atoms with Gasteiger partial charge in [0.1, 0.15) is 11.5 Å². The van der Waals surface area contributed by atoms with Crippen molar-refractivity contribution in [1.82, 2.24) is 19.9 Å². The highest BCUT2D eigenvalue weighted by Gasteiger charge is 2.28. The molecule has 0 saturated carbocycles. The number of benzene rings is 1. The molecular formula is C18H21N5OS. The van der Waals surface area contributed by atoms with Crippen molar-refractivity contribution in [3.63, 3.8) is 0 Å². The van der Waals surface area contributed by atoms with Gasteiger partial charge in [0.2, 0.25) is 0 Å². The van der Waals surface area contributed by atoms with E-state index in [1.807, 2.05) is 23.4 Å². The number of imidazole rings is 1. The zero-order chi connectivity index (χ0) is 17.4. The molecule has 2 N–H and O–H groups in total. The summed E-state index contributed by atoms with van der Waals surface area (Å²) >= 11 is 1.46. The number of piperidine rings is 1. The minimum Gasteiger partial charge on any atom is -0.365 e. The number of thiazole rings is 1. The number of anilines is 1. The molecule has 25 heavy (non-hydrogen) atoms. The van der Waals surface area contributed by atoms with Gasteiger partial charge in [0.25, 0.3) is 5.91 Å². The summed E-state index contributed by atoms with van der Waals surface area (Å²) in [5.41, 5.74) is 3.79. The fraction of sp³-hybridized carbons (Fsp3) is 0.389. The fourth-order valence-corrected chi connectivity index (χ4v) is 4.07. The first kappa shape index (κ1) is 16.1. The van der Waals surface area contributed by atoms with Gasteiger partial charge in [0, 0.05) is 31.4 Å². The van der Waals surface area contributed by atoms with E-state index in [4.69, 9.17) is 4.98 Å². The zero-order valence-electron chi connectivity index (χ0n) is 14.4. The summed E-state index contributed by atoms with van der Waals surface area (Å²) < 4.78 is 0. The van der Waals surface area contributed by atoms with Crippen molar-refractivity contribution in [2.45, 2.75) is 25.7 Å². The Morgan fingerprint density at radius 1 is 1.40 bits per heavy atom. The second kappa shape index (κ2) is 6.48. The molecule has 1 atom stereocenters. The standard InChI is InChI=1S/C18H21N5OS/c1-11-5-3-7-13-15(11)22-16(20-13)12-6-4-8-23(9-12)17(24)14-10-25-18(19-2)21-14/h3,5,7,10,12H,4,6,8-9H2,1-2H3,(H,19,21)(H,20,22)/t12-/m1/s1. The van der Waals surface area contributed by atoms with Crippen LogP contribution in [0.1, 0.15) is 40.6 Å². The van der Waals surface area contributed by atoms with Gasteiger partial charge in [0.05, 0.1) is 11.0 Å². The lowest BCUT2D eigenvalue weighted by atomic mass is 9.97. The maximum atomic E-state index is 12.7. The monoisotopic (exact) mass is 355 g/mol. The number of H-pyrrole nitrogens is 1. The molecule has 3 heterocycles. The number of nitrogens with one attached hydrogen (secondary N) is 2. The Kier molecular flexibility index (Phi) is 4.17. The second-order valence-electron chi connectivity index (χ2n) is 6.47. The van der Waals surface area contributed by atoms with Crippen molar-refractivity contribution < 1.29 is 4.79 Å². The molecule has 0 aliphatic carbocycles. The number of hydrogen-bond acceptors (Lipinski definition) is 5. The molecule has 0 unspecified atom stereocenters. The molecule has 6 nitrogen and oxygen atoms in total. The van der Waals surface area contributed by atoms with E-state index in [1.165, 1.54) is 16.9 Å². The average Bonchev–Trinajstić information content (AvgIpc) is 3.29. The van der Waals surface area contributed by atoms with E-state index in [9.17, 15) is 4.79 Å². The fourth-order valence-electron chi connectivity index (χ4n) is 3.42. The maximum Gasteiger partial charge on any atom is 0.273 e. The Morgan fingerprint density at radius 3 is 3.04 bits per heavy atom. The number of aromatic amines is 1. The number of para-hydroxylation sites is 1. The number of carbonyl (C=O) groups excluding carboxylic acids is 1. The summed E-state index contributed by atoms with van der Waals surface area (Å²) in [6, 6.07) is 6.17. The molecule has 130 valence electrons. The van der Waals surface area contributed by atoms with Crippen LogP contribution < -0.4 is 5.32 Å². The summed E-state index contributed by atoms with van der Waals surface area (Å²) in [5, 5.41) is 5.57. The Balaban J connectivity index is 1.55. The molecule has 4 rings (SSSR count). The van der Waals surface area contributed by atoms with Gasteiger partial charge in [-0.05, 0) is 31.4 Å². The zero-order valence-corrected chi connectivity index (χ0v) is 15.2. The summed E-state index contributed by atoms with van der Waals surface area (Å²) in [6.07, 6.45) is 2.02. The minimum atomic E-state index is 0.00902. The van der Waals surface area contributed by atoms with E-state index in [2.05, 4.69) is 34.3 Å². The normalized spacial score (nSPS) is 17.8. The molecule has 1 aliphatic heterocycles. The van der Waals surface area contributed by atoms with Crippen LogP contribution in [-0.4, -0.2) is 45.9 Å². The Hall–Kier alpha value is -2.41. The molecule has 1 amide bonds. The van der Waals surface area contributed by atoms with E-state index in [-0.39, 0.29) is 11.8 Å². The topological polar surface area (TPSA) is 73.9 Å². The number of aryl methyl sites for hydroxylation is 1. The van der Waals surface area contributed by atoms with Gasteiger partial charge in [-0.1, -0.05) is 12.1 Å². The maximum absolute atomic E-state index is 12.7. The first-order valence-electron chi connectivity index (χ1n) is 8.53. The molecule has 2 aromatic heterocycles. The number of rotatable bonds is 3. The van der Waals surface area contributed by atoms with Crippen LogP contribution in [0.3, 0.4) is 0 Å². The number of aromatic nitrogens is 3. The van der Waals surface area contributed by atoms with Crippen molar-refractivity contribution in [2.24, 2.45) is 0 Å². The molecule has 7 heteroatoms. The lowest BCUT2D eigenvalue weighted by Crippen LogP contribution is -2.39. The van der Waals surface area contributed by atoms with Gasteiger partial charge < -0.3 is 15.2 Å². The van der Waals surface area contributed by atoms with Crippen LogP contribution in [0, 0.1) is 6.92 Å². The van der Waals surface area contributed by atoms with Crippen LogP contribution in [0.25, 0.3) is 11.0 Å². The van der Waals surface area contributed by atoms with Crippen LogP contribution >= 0.6 is 11.3 Å². The molecule has 0 radical (unpaired) electrons. The van der Waals surface area contributed by atoms with Crippen molar-refractivity contribution >= 4 is 33.4 Å². The molecule has 1 aromatic carbocycles. The molecule has 1 saturated heterocycles. The number of hydrogen-bond donors (Lipinski definition) is 2. The van der Waals surface area contributed by atoms with E-state index in [0.717, 1.165) is 41.4 Å². The number of fused-ring (bicyclic) bond motifs is 1. The van der Waals surface area contributed by atoms with E-state index >= 15 is 0 Å². The van der Waals surface area contributed by atoms with Gasteiger partial charge in [-0.3, -0.25) is 4.79 Å². The number of carbonyl (C=O) groups is 1. The third kappa shape index (κ3) is 3.00. The predicted molar refractivity (Wildman–Crippen MR) is 100 cm³/mol. The van der Waals surface area contributed by atoms with E-state index < -0.39 is 0 Å². The van der Waals surface area contributed by atoms with Crippen LogP contribution in [0.2, 0.25) is 0 Å². The minimum absolute atomic E-state index is 0.00902. The SMILES string of the molecule is CNc1nc(C(=O)N2CCC[C@@H](c3nc4c(C)cccc4[nH]3)C2)cs1. The van der Waals surface area contributed by atoms with Crippen LogP contribution in [0.15, 0.2) is 23.6 Å². The summed E-state index contributed by atoms with van der Waals surface area (Å²) in [7, 11) is 1.81.